The third-order valence-corrected chi connectivity index (χ3v) is 2.34. The summed E-state index contributed by atoms with van der Waals surface area (Å²) in [5.41, 5.74) is 1.19. The topological polar surface area (TPSA) is 32.3 Å². The van der Waals surface area contributed by atoms with Gasteiger partial charge in [0.05, 0.1) is 15.8 Å². The number of benzene rings is 1. The van der Waals surface area contributed by atoms with E-state index in [1.807, 2.05) is 14.1 Å². The van der Waals surface area contributed by atoms with Crippen LogP contribution in [-0.2, 0) is 4.79 Å². The van der Waals surface area contributed by atoms with Crippen molar-refractivity contribution in [1.29, 1.82) is 0 Å². The van der Waals surface area contributed by atoms with Crippen molar-refractivity contribution in [3.8, 4) is 0 Å². The maximum atomic E-state index is 13.1. The molecule has 1 rings (SSSR count). The molecule has 14 heavy (non-hydrogen) atoms. The minimum atomic E-state index is -0.403. The van der Waals surface area contributed by atoms with Crippen molar-refractivity contribution >= 4 is 33.7 Å². The predicted octanol–water partition coefficient (Wildman–Crippen LogP) is 2.22. The van der Waals surface area contributed by atoms with Crippen LogP contribution in [0.5, 0.6) is 0 Å². The lowest BCUT2D eigenvalue weighted by Gasteiger charge is -2.17. The first-order chi connectivity index (χ1) is 6.56. The summed E-state index contributed by atoms with van der Waals surface area (Å²) in [5.74, 6) is -0.403. The first-order valence-corrected chi connectivity index (χ1v) is 4.72. The van der Waals surface area contributed by atoms with E-state index in [0.717, 1.165) is 5.69 Å². The molecule has 0 unspecified atom stereocenters. The van der Waals surface area contributed by atoms with Crippen molar-refractivity contribution in [2.24, 2.45) is 0 Å². The lowest BCUT2D eigenvalue weighted by molar-refractivity contribution is -0.105. The third kappa shape index (κ3) is 2.23. The van der Waals surface area contributed by atoms with Crippen molar-refractivity contribution in [2.75, 3.05) is 24.3 Å². The molecule has 0 spiro atoms. The Kier molecular flexibility index (Phi) is 3.46. The van der Waals surface area contributed by atoms with Crippen LogP contribution in [-0.4, -0.2) is 20.5 Å². The Morgan fingerprint density at radius 1 is 1.50 bits per heavy atom. The number of carbonyl (C=O) groups is 1. The highest BCUT2D eigenvalue weighted by atomic mass is 79.9. The van der Waals surface area contributed by atoms with Gasteiger partial charge in [-0.05, 0) is 22.0 Å². The van der Waals surface area contributed by atoms with E-state index < -0.39 is 5.82 Å². The molecule has 1 amide bonds. The highest BCUT2D eigenvalue weighted by molar-refractivity contribution is 9.10. The van der Waals surface area contributed by atoms with E-state index in [1.165, 1.54) is 6.07 Å². The summed E-state index contributed by atoms with van der Waals surface area (Å²) in [6.45, 7) is 0. The molecule has 1 aromatic rings. The average molecular weight is 261 g/mol. The smallest absolute Gasteiger partial charge is 0.211 e. The van der Waals surface area contributed by atoms with Gasteiger partial charge in [-0.15, -0.1) is 0 Å². The summed E-state index contributed by atoms with van der Waals surface area (Å²) < 4.78 is 13.5. The Morgan fingerprint density at radius 2 is 2.14 bits per heavy atom. The number of halogens is 2. The van der Waals surface area contributed by atoms with E-state index in [4.69, 9.17) is 0 Å². The molecule has 1 N–H and O–H groups in total. The van der Waals surface area contributed by atoms with E-state index in [1.54, 1.807) is 11.0 Å². The molecule has 0 aliphatic rings. The van der Waals surface area contributed by atoms with E-state index >= 15 is 0 Å². The van der Waals surface area contributed by atoms with Crippen molar-refractivity contribution in [1.82, 2.24) is 0 Å². The van der Waals surface area contributed by atoms with Crippen molar-refractivity contribution in [2.45, 2.75) is 0 Å². The molecule has 0 aromatic heterocycles. The van der Waals surface area contributed by atoms with Gasteiger partial charge in [-0.25, -0.2) is 4.39 Å². The molecule has 0 heterocycles. The molecule has 0 aliphatic heterocycles. The molecular weight excluding hydrogens is 251 g/mol. The van der Waals surface area contributed by atoms with Gasteiger partial charge < -0.3 is 10.2 Å². The Labute approximate surface area is 90.0 Å². The van der Waals surface area contributed by atoms with Crippen LogP contribution in [0.4, 0.5) is 15.8 Å². The van der Waals surface area contributed by atoms with Gasteiger partial charge in [0.1, 0.15) is 5.82 Å². The summed E-state index contributed by atoms with van der Waals surface area (Å²) in [4.78, 5) is 12.1. The van der Waals surface area contributed by atoms with E-state index in [-0.39, 0.29) is 0 Å². The Hall–Kier alpha value is -1.10. The molecule has 0 bridgehead atoms. The van der Waals surface area contributed by atoms with Crippen molar-refractivity contribution in [3.05, 3.63) is 22.4 Å². The minimum Gasteiger partial charge on any atom is -0.376 e. The maximum absolute atomic E-state index is 13.1. The van der Waals surface area contributed by atoms with Gasteiger partial charge in [0.15, 0.2) is 0 Å². The van der Waals surface area contributed by atoms with Gasteiger partial charge in [0.2, 0.25) is 6.41 Å². The molecule has 5 heteroatoms. The normalized spacial score (nSPS) is 9.71. The van der Waals surface area contributed by atoms with Crippen LogP contribution in [0.2, 0.25) is 0 Å². The first-order valence-electron chi connectivity index (χ1n) is 3.93. The fraction of sp³-hybridized carbons (Fsp3) is 0.222. The summed E-state index contributed by atoms with van der Waals surface area (Å²) in [7, 11) is 3.63. The molecule has 0 saturated carbocycles. The molecule has 1 aromatic carbocycles. The number of carbonyl (C=O) groups excluding carboxylic acids is 1. The van der Waals surface area contributed by atoms with Crippen LogP contribution >= 0.6 is 15.9 Å². The number of nitrogens with zero attached hydrogens (tertiary/aromatic N) is 1. The second-order valence-electron chi connectivity index (χ2n) is 2.94. The lowest BCUT2D eigenvalue weighted by Crippen LogP contribution is -2.12. The van der Waals surface area contributed by atoms with Crippen molar-refractivity contribution < 1.29 is 9.18 Å². The van der Waals surface area contributed by atoms with E-state index in [0.29, 0.717) is 16.6 Å². The fourth-order valence-electron chi connectivity index (χ4n) is 1.09. The van der Waals surface area contributed by atoms with Gasteiger partial charge in [0.25, 0.3) is 0 Å². The summed E-state index contributed by atoms with van der Waals surface area (Å²) >= 11 is 3.08. The predicted molar refractivity (Wildman–Crippen MR) is 58.1 cm³/mol. The van der Waals surface area contributed by atoms with Crippen LogP contribution < -0.4 is 10.2 Å². The molecular formula is C9H10BrFN2O. The fourth-order valence-corrected chi connectivity index (χ4v) is 1.42. The summed E-state index contributed by atoms with van der Waals surface area (Å²) in [6, 6.07) is 2.88. The zero-order chi connectivity index (χ0) is 10.7. The minimum absolute atomic E-state index is 0.373. The molecule has 76 valence electrons. The monoisotopic (exact) mass is 260 g/mol. The van der Waals surface area contributed by atoms with E-state index in [9.17, 15) is 9.18 Å². The zero-order valence-electron chi connectivity index (χ0n) is 7.84. The first kappa shape index (κ1) is 11.0. The molecule has 0 radical (unpaired) electrons. The van der Waals surface area contributed by atoms with Gasteiger partial charge in [0, 0.05) is 20.2 Å². The lowest BCUT2D eigenvalue weighted by atomic mass is 10.2. The highest BCUT2D eigenvalue weighted by Gasteiger charge is 2.09. The molecule has 0 atom stereocenters. The second kappa shape index (κ2) is 4.41. The second-order valence-corrected chi connectivity index (χ2v) is 3.79. The zero-order valence-corrected chi connectivity index (χ0v) is 9.43. The quantitative estimate of drug-likeness (QED) is 0.846. The largest absolute Gasteiger partial charge is 0.376 e. The van der Waals surface area contributed by atoms with Crippen LogP contribution in [0.1, 0.15) is 0 Å². The Balaban J connectivity index is 3.23. The molecule has 0 aliphatic carbocycles. The standard InChI is InChI=1S/C9H10BrFN2O/c1-13(2)9-3-6(10)7(11)4-8(9)12-5-14/h3-5H,1-2H3,(H,12,14). The SMILES string of the molecule is CN(C)c1cc(Br)c(F)cc1NC=O. The number of anilines is 2. The summed E-state index contributed by atoms with van der Waals surface area (Å²) in [5, 5.41) is 2.44. The number of hydrogen-bond donors (Lipinski definition) is 1. The van der Waals surface area contributed by atoms with Crippen LogP contribution in [0.3, 0.4) is 0 Å². The summed E-state index contributed by atoms with van der Waals surface area (Å²) in [6.07, 6.45) is 0.523. The van der Waals surface area contributed by atoms with Crippen molar-refractivity contribution in [3.63, 3.8) is 0 Å². The number of rotatable bonds is 3. The van der Waals surface area contributed by atoms with Crippen LogP contribution in [0.15, 0.2) is 16.6 Å². The number of amides is 1. The Bertz CT molecular complexity index is 355. The maximum Gasteiger partial charge on any atom is 0.211 e. The molecule has 3 nitrogen and oxygen atoms in total. The van der Waals surface area contributed by atoms with Gasteiger partial charge >= 0.3 is 0 Å². The van der Waals surface area contributed by atoms with Gasteiger partial charge in [-0.1, -0.05) is 0 Å². The van der Waals surface area contributed by atoms with E-state index in [2.05, 4.69) is 21.2 Å². The third-order valence-electron chi connectivity index (χ3n) is 1.73. The molecule has 0 fully saturated rings. The van der Waals surface area contributed by atoms with Gasteiger partial charge in [-0.3, -0.25) is 4.79 Å². The average Bonchev–Trinajstić information content (AvgIpc) is 2.11. The number of hydrogen-bond acceptors (Lipinski definition) is 2. The van der Waals surface area contributed by atoms with Crippen LogP contribution in [0, 0.1) is 5.82 Å². The number of nitrogens with one attached hydrogen (secondary N) is 1. The van der Waals surface area contributed by atoms with Crippen LogP contribution in [0.25, 0.3) is 0 Å². The molecule has 0 saturated heterocycles. The van der Waals surface area contributed by atoms with Gasteiger partial charge in [-0.2, -0.15) is 0 Å². The highest BCUT2D eigenvalue weighted by Crippen LogP contribution is 2.30. The Morgan fingerprint density at radius 3 is 2.64 bits per heavy atom.